The number of hydrazone groups is 1. The van der Waals surface area contributed by atoms with Gasteiger partial charge in [0.05, 0.1) is 15.1 Å². The summed E-state index contributed by atoms with van der Waals surface area (Å²) in [6.07, 6.45) is 6.70. The molecule has 1 aliphatic carbocycles. The third-order valence-electron chi connectivity index (χ3n) is 4.05. The van der Waals surface area contributed by atoms with E-state index in [2.05, 4.69) is 17.5 Å². The maximum atomic E-state index is 11.8. The zero-order valence-electron chi connectivity index (χ0n) is 13.6. The largest absolute Gasteiger partial charge is 0.482 e. The Labute approximate surface area is 157 Å². The fourth-order valence-corrected chi connectivity index (χ4v) is 3.34. The van der Waals surface area contributed by atoms with Gasteiger partial charge in [0.15, 0.2) is 6.61 Å². The summed E-state index contributed by atoms with van der Waals surface area (Å²) in [6, 6.07) is 2.97. The zero-order chi connectivity index (χ0) is 17.5. The van der Waals surface area contributed by atoms with E-state index in [1.54, 1.807) is 0 Å². The lowest BCUT2D eigenvalue weighted by molar-refractivity contribution is -0.123. The zero-order valence-corrected chi connectivity index (χ0v) is 15.8. The van der Waals surface area contributed by atoms with Gasteiger partial charge < -0.3 is 4.74 Å². The first-order valence-electron chi connectivity index (χ1n) is 8.11. The Hall–Kier alpha value is -0.970. The van der Waals surface area contributed by atoms with Crippen molar-refractivity contribution < 1.29 is 9.53 Å². The molecule has 1 amide bonds. The second-order valence-electron chi connectivity index (χ2n) is 5.93. The topological polar surface area (TPSA) is 50.7 Å². The van der Waals surface area contributed by atoms with Crippen LogP contribution in [0.5, 0.6) is 5.75 Å². The summed E-state index contributed by atoms with van der Waals surface area (Å²) in [4.78, 5) is 11.8. The molecule has 1 fully saturated rings. The molecule has 0 heterocycles. The summed E-state index contributed by atoms with van der Waals surface area (Å²) in [6.45, 7) is 2.02. The van der Waals surface area contributed by atoms with E-state index in [4.69, 9.17) is 39.5 Å². The normalized spacial score (nSPS) is 17.5. The van der Waals surface area contributed by atoms with E-state index in [-0.39, 0.29) is 12.5 Å². The van der Waals surface area contributed by atoms with Crippen LogP contribution < -0.4 is 10.2 Å². The van der Waals surface area contributed by atoms with Gasteiger partial charge in [0.2, 0.25) is 0 Å². The van der Waals surface area contributed by atoms with Gasteiger partial charge in [-0.05, 0) is 37.7 Å². The lowest BCUT2D eigenvalue weighted by Gasteiger charge is -2.22. The van der Waals surface area contributed by atoms with Crippen molar-refractivity contribution in [2.24, 2.45) is 11.0 Å². The van der Waals surface area contributed by atoms with E-state index in [1.165, 1.54) is 25.0 Å². The molecule has 24 heavy (non-hydrogen) atoms. The molecule has 0 bridgehead atoms. The first-order valence-corrected chi connectivity index (χ1v) is 9.24. The van der Waals surface area contributed by atoms with Crippen molar-refractivity contribution in [1.82, 2.24) is 5.43 Å². The Bertz CT molecular complexity index is 610. The van der Waals surface area contributed by atoms with Gasteiger partial charge in [0.1, 0.15) is 5.75 Å². The van der Waals surface area contributed by atoms with E-state index in [0.717, 1.165) is 37.3 Å². The minimum absolute atomic E-state index is 0.188. The van der Waals surface area contributed by atoms with E-state index >= 15 is 0 Å². The third kappa shape index (κ3) is 5.83. The van der Waals surface area contributed by atoms with Crippen molar-refractivity contribution in [3.63, 3.8) is 0 Å². The van der Waals surface area contributed by atoms with Crippen LogP contribution in [0.25, 0.3) is 0 Å². The molecule has 1 saturated carbocycles. The highest BCUT2D eigenvalue weighted by molar-refractivity contribution is 6.43. The highest BCUT2D eigenvalue weighted by Gasteiger charge is 2.17. The van der Waals surface area contributed by atoms with E-state index in [9.17, 15) is 4.79 Å². The summed E-state index contributed by atoms with van der Waals surface area (Å²) < 4.78 is 5.37. The van der Waals surface area contributed by atoms with Gasteiger partial charge in [-0.15, -0.1) is 0 Å². The van der Waals surface area contributed by atoms with E-state index < -0.39 is 0 Å². The SMILES string of the molecule is CCCC1CCC(=NNC(=O)COc2cc(Cl)c(Cl)cc2Cl)CC1. The Balaban J connectivity index is 1.78. The van der Waals surface area contributed by atoms with E-state index in [0.29, 0.717) is 20.8 Å². The second kappa shape index (κ2) is 9.50. The Kier molecular flexibility index (Phi) is 7.66. The van der Waals surface area contributed by atoms with Gasteiger partial charge in [0.25, 0.3) is 5.91 Å². The molecule has 132 valence electrons. The Morgan fingerprint density at radius 2 is 1.88 bits per heavy atom. The number of nitrogens with zero attached hydrogens (tertiary/aromatic N) is 1. The molecule has 7 heteroatoms. The molecule has 1 aromatic rings. The molecule has 2 rings (SSSR count). The molecule has 1 aromatic carbocycles. The average Bonchev–Trinajstić information content (AvgIpc) is 2.56. The highest BCUT2D eigenvalue weighted by Crippen LogP contribution is 2.33. The van der Waals surface area contributed by atoms with Gasteiger partial charge in [-0.25, -0.2) is 5.43 Å². The number of halogens is 3. The standard InChI is InChI=1S/C17H21Cl3N2O2/c1-2-3-11-4-6-12(7-5-11)21-22-17(23)10-24-16-9-14(19)13(18)8-15(16)20/h8-9,11H,2-7,10H2,1H3,(H,22,23). The lowest BCUT2D eigenvalue weighted by atomic mass is 9.85. The van der Waals surface area contributed by atoms with Gasteiger partial charge in [-0.3, -0.25) is 4.79 Å². The van der Waals surface area contributed by atoms with Crippen LogP contribution >= 0.6 is 34.8 Å². The first kappa shape index (κ1) is 19.4. The number of carbonyl (C=O) groups is 1. The minimum atomic E-state index is -0.333. The molecule has 1 aliphatic rings. The quantitative estimate of drug-likeness (QED) is 0.515. The molecule has 4 nitrogen and oxygen atoms in total. The third-order valence-corrected chi connectivity index (χ3v) is 5.07. The van der Waals surface area contributed by atoms with Crippen LogP contribution in [0.1, 0.15) is 45.4 Å². The maximum Gasteiger partial charge on any atom is 0.277 e. The molecule has 0 aromatic heterocycles. The monoisotopic (exact) mass is 390 g/mol. The fraction of sp³-hybridized carbons (Fsp3) is 0.529. The predicted molar refractivity (Wildman–Crippen MR) is 99.4 cm³/mol. The average molecular weight is 392 g/mol. The smallest absolute Gasteiger partial charge is 0.277 e. The van der Waals surface area contributed by atoms with Crippen molar-refractivity contribution in [1.29, 1.82) is 0 Å². The summed E-state index contributed by atoms with van der Waals surface area (Å²) >= 11 is 17.7. The Morgan fingerprint density at radius 3 is 2.54 bits per heavy atom. The summed E-state index contributed by atoms with van der Waals surface area (Å²) in [5.41, 5.74) is 3.58. The number of ether oxygens (including phenoxy) is 1. The fourth-order valence-electron chi connectivity index (χ4n) is 2.75. The molecule has 1 N–H and O–H groups in total. The van der Waals surface area contributed by atoms with Crippen molar-refractivity contribution in [3.8, 4) is 5.75 Å². The molecule has 0 atom stereocenters. The molecular formula is C17H21Cl3N2O2. The molecule has 0 spiro atoms. The Morgan fingerprint density at radius 1 is 1.21 bits per heavy atom. The number of carbonyl (C=O) groups excluding carboxylic acids is 1. The van der Waals surface area contributed by atoms with Gasteiger partial charge in [0, 0.05) is 11.8 Å². The molecule has 0 saturated heterocycles. The summed E-state index contributed by atoms with van der Waals surface area (Å²) in [7, 11) is 0. The molecular weight excluding hydrogens is 371 g/mol. The number of amides is 1. The van der Waals surface area contributed by atoms with Crippen LogP contribution in [-0.4, -0.2) is 18.2 Å². The van der Waals surface area contributed by atoms with Crippen molar-refractivity contribution in [3.05, 3.63) is 27.2 Å². The van der Waals surface area contributed by atoms with Crippen LogP contribution in [-0.2, 0) is 4.79 Å². The first-order chi connectivity index (χ1) is 11.5. The van der Waals surface area contributed by atoms with Gasteiger partial charge >= 0.3 is 0 Å². The number of hydrogen-bond acceptors (Lipinski definition) is 3. The number of hydrogen-bond donors (Lipinski definition) is 1. The summed E-state index contributed by atoms with van der Waals surface area (Å²) in [5.74, 6) is 0.777. The number of nitrogens with one attached hydrogen (secondary N) is 1. The van der Waals surface area contributed by atoms with Crippen LogP contribution in [0.4, 0.5) is 0 Å². The molecule has 0 aliphatic heterocycles. The summed E-state index contributed by atoms with van der Waals surface area (Å²) in [5, 5.41) is 5.16. The molecule has 0 radical (unpaired) electrons. The van der Waals surface area contributed by atoms with Crippen molar-refractivity contribution in [2.45, 2.75) is 45.4 Å². The molecule has 0 unspecified atom stereocenters. The number of benzene rings is 1. The van der Waals surface area contributed by atoms with Crippen molar-refractivity contribution in [2.75, 3.05) is 6.61 Å². The lowest BCUT2D eigenvalue weighted by Crippen LogP contribution is -2.27. The maximum absolute atomic E-state index is 11.8. The van der Waals surface area contributed by atoms with Gasteiger partial charge in [-0.1, -0.05) is 54.6 Å². The van der Waals surface area contributed by atoms with Crippen LogP contribution in [0.2, 0.25) is 15.1 Å². The predicted octanol–water partition coefficient (Wildman–Crippen LogP) is 5.49. The second-order valence-corrected chi connectivity index (χ2v) is 7.15. The van der Waals surface area contributed by atoms with Crippen LogP contribution in [0, 0.1) is 5.92 Å². The number of rotatable bonds is 6. The van der Waals surface area contributed by atoms with Crippen LogP contribution in [0.15, 0.2) is 17.2 Å². The van der Waals surface area contributed by atoms with Gasteiger partial charge in [-0.2, -0.15) is 5.10 Å². The van der Waals surface area contributed by atoms with E-state index in [1.807, 2.05) is 0 Å². The van der Waals surface area contributed by atoms with Crippen molar-refractivity contribution >= 4 is 46.4 Å². The van der Waals surface area contributed by atoms with Crippen LogP contribution in [0.3, 0.4) is 0 Å². The highest BCUT2D eigenvalue weighted by atomic mass is 35.5. The minimum Gasteiger partial charge on any atom is -0.482 e.